The lowest BCUT2D eigenvalue weighted by atomic mass is 9.90. The Labute approximate surface area is 123 Å². The van der Waals surface area contributed by atoms with Gasteiger partial charge in [-0.2, -0.15) is 0 Å². The first kappa shape index (κ1) is 13.7. The third-order valence-electron chi connectivity index (χ3n) is 3.29. The number of Topliss-reactive ketones (excluding diaryl/α,β-unsaturated/α-hetero) is 3. The van der Waals surface area contributed by atoms with Crippen molar-refractivity contribution in [3.63, 3.8) is 0 Å². The highest BCUT2D eigenvalue weighted by atomic mass is 16.4. The predicted octanol–water partition coefficient (Wildman–Crippen LogP) is 1.42. The number of carbonyl (C=O) groups is 4. The summed E-state index contributed by atoms with van der Waals surface area (Å²) in [4.78, 5) is 54.5. The van der Waals surface area contributed by atoms with Crippen molar-refractivity contribution in [1.29, 1.82) is 0 Å². The Balaban J connectivity index is 2.34. The minimum absolute atomic E-state index is 0.00241. The van der Waals surface area contributed by atoms with Crippen LogP contribution in [0.5, 0.6) is 0 Å². The number of carboxylic acids is 1. The Hall–Kier alpha value is -3.22. The number of carboxylic acid groups (broad SMARTS) is 1. The Bertz CT molecular complexity index is 812. The Morgan fingerprint density at radius 2 is 1.32 bits per heavy atom. The highest BCUT2D eigenvalue weighted by molar-refractivity contribution is 6.52. The molecule has 0 radical (unpaired) electrons. The van der Waals surface area contributed by atoms with Gasteiger partial charge in [0.1, 0.15) is 22.8 Å². The average molecular weight is 296 g/mol. The van der Waals surface area contributed by atoms with Crippen molar-refractivity contribution in [2.24, 2.45) is 0 Å². The second-order valence-electron chi connectivity index (χ2n) is 4.70. The van der Waals surface area contributed by atoms with E-state index in [2.05, 4.69) is 9.97 Å². The van der Waals surface area contributed by atoms with E-state index in [1.807, 2.05) is 0 Å². The molecule has 1 aliphatic rings. The molecule has 0 aliphatic heterocycles. The quantitative estimate of drug-likeness (QED) is 0.658. The first-order chi connectivity index (χ1) is 10.4. The van der Waals surface area contributed by atoms with Crippen LogP contribution >= 0.6 is 0 Å². The number of aromatic carboxylic acids is 1. The molecule has 1 N–H and O–H groups in total. The van der Waals surface area contributed by atoms with Crippen molar-refractivity contribution < 1.29 is 24.3 Å². The smallest absolute Gasteiger partial charge is 0.354 e. The second-order valence-corrected chi connectivity index (χ2v) is 4.70. The number of hydrogen-bond donors (Lipinski definition) is 1. The fourth-order valence-electron chi connectivity index (χ4n) is 2.21. The number of hydrogen-bond acceptors (Lipinski definition) is 6. The van der Waals surface area contributed by atoms with E-state index in [0.717, 1.165) is 6.07 Å². The summed E-state index contributed by atoms with van der Waals surface area (Å²) in [5.41, 5.74) is -0.123. The van der Waals surface area contributed by atoms with E-state index in [-0.39, 0.29) is 39.7 Å². The minimum Gasteiger partial charge on any atom is -0.477 e. The molecule has 0 saturated heterocycles. The van der Waals surface area contributed by atoms with E-state index in [0.29, 0.717) is 0 Å². The number of ketones is 3. The summed E-state index contributed by atoms with van der Waals surface area (Å²) < 4.78 is 0. The summed E-state index contributed by atoms with van der Waals surface area (Å²) in [6, 6.07) is 5.05. The molecule has 0 saturated carbocycles. The molecule has 2 aromatic heterocycles. The Morgan fingerprint density at radius 1 is 0.864 bits per heavy atom. The highest BCUT2D eigenvalue weighted by Crippen LogP contribution is 2.31. The van der Waals surface area contributed by atoms with E-state index in [9.17, 15) is 19.2 Å². The Kier molecular flexibility index (Phi) is 2.91. The maximum atomic E-state index is 12.1. The van der Waals surface area contributed by atoms with E-state index >= 15 is 0 Å². The molecule has 7 nitrogen and oxygen atoms in total. The summed E-state index contributed by atoms with van der Waals surface area (Å²) >= 11 is 0. The van der Waals surface area contributed by atoms with Crippen LogP contribution in [0.1, 0.15) is 48.6 Å². The van der Waals surface area contributed by atoms with Gasteiger partial charge in [0.15, 0.2) is 5.78 Å². The third kappa shape index (κ3) is 1.91. The fourth-order valence-corrected chi connectivity index (χ4v) is 2.21. The van der Waals surface area contributed by atoms with Gasteiger partial charge in [0, 0.05) is 6.92 Å². The topological polar surface area (TPSA) is 114 Å². The molecular formula is C15H8N2O5. The molecular weight excluding hydrogens is 288 g/mol. The molecule has 7 heteroatoms. The molecule has 108 valence electrons. The van der Waals surface area contributed by atoms with Gasteiger partial charge in [-0.15, -0.1) is 0 Å². The van der Waals surface area contributed by atoms with Gasteiger partial charge in [-0.05, 0) is 24.3 Å². The van der Waals surface area contributed by atoms with Crippen LogP contribution in [0.2, 0.25) is 0 Å². The number of pyridine rings is 2. The lowest BCUT2D eigenvalue weighted by molar-refractivity contribution is 0.0690. The molecule has 0 bridgehead atoms. The van der Waals surface area contributed by atoms with Crippen molar-refractivity contribution in [3.05, 3.63) is 46.8 Å². The summed E-state index contributed by atoms with van der Waals surface area (Å²) in [6.07, 6.45) is 0. The van der Waals surface area contributed by atoms with Gasteiger partial charge in [-0.1, -0.05) is 0 Å². The average Bonchev–Trinajstić information content (AvgIpc) is 2.51. The largest absolute Gasteiger partial charge is 0.477 e. The van der Waals surface area contributed by atoms with Crippen LogP contribution in [0, 0.1) is 0 Å². The van der Waals surface area contributed by atoms with Crippen molar-refractivity contribution in [1.82, 2.24) is 9.97 Å². The van der Waals surface area contributed by atoms with Gasteiger partial charge < -0.3 is 5.11 Å². The summed E-state index contributed by atoms with van der Waals surface area (Å²) in [6.45, 7) is 1.31. The third-order valence-corrected chi connectivity index (χ3v) is 3.29. The summed E-state index contributed by atoms with van der Waals surface area (Å²) in [7, 11) is 0. The molecule has 3 rings (SSSR count). The monoisotopic (exact) mass is 296 g/mol. The van der Waals surface area contributed by atoms with Crippen LogP contribution in [0.4, 0.5) is 0 Å². The van der Waals surface area contributed by atoms with Crippen LogP contribution in [-0.2, 0) is 0 Å². The minimum atomic E-state index is -1.27. The van der Waals surface area contributed by atoms with E-state index in [4.69, 9.17) is 5.11 Å². The zero-order valence-electron chi connectivity index (χ0n) is 11.3. The van der Waals surface area contributed by atoms with Crippen LogP contribution in [0.25, 0.3) is 11.4 Å². The van der Waals surface area contributed by atoms with Crippen LogP contribution in [0.3, 0.4) is 0 Å². The van der Waals surface area contributed by atoms with E-state index in [1.54, 1.807) is 0 Å². The molecule has 0 unspecified atom stereocenters. The van der Waals surface area contributed by atoms with Crippen LogP contribution < -0.4 is 0 Å². The first-order valence-corrected chi connectivity index (χ1v) is 6.26. The van der Waals surface area contributed by atoms with Crippen molar-refractivity contribution in [2.75, 3.05) is 0 Å². The molecule has 0 atom stereocenters. The fraction of sp³-hybridized carbons (Fsp3) is 0.0667. The van der Waals surface area contributed by atoms with E-state index in [1.165, 1.54) is 25.1 Å². The van der Waals surface area contributed by atoms with Gasteiger partial charge >= 0.3 is 5.97 Å². The molecule has 0 fully saturated rings. The molecule has 1 aliphatic carbocycles. The maximum Gasteiger partial charge on any atom is 0.354 e. The van der Waals surface area contributed by atoms with Gasteiger partial charge in [0.25, 0.3) is 0 Å². The molecule has 0 spiro atoms. The molecule has 0 aromatic carbocycles. The lowest BCUT2D eigenvalue weighted by Gasteiger charge is -2.16. The lowest BCUT2D eigenvalue weighted by Crippen LogP contribution is -2.24. The number of fused-ring (bicyclic) bond motifs is 3. The Morgan fingerprint density at radius 3 is 1.77 bits per heavy atom. The second kappa shape index (κ2) is 4.66. The van der Waals surface area contributed by atoms with Gasteiger partial charge in [-0.3, -0.25) is 14.4 Å². The summed E-state index contributed by atoms with van der Waals surface area (Å²) in [5, 5.41) is 9.01. The van der Waals surface area contributed by atoms with E-state index < -0.39 is 17.5 Å². The number of nitrogens with zero attached hydrogens (tertiary/aromatic N) is 2. The predicted molar refractivity (Wildman–Crippen MR) is 73.1 cm³/mol. The van der Waals surface area contributed by atoms with Crippen LogP contribution in [0.15, 0.2) is 24.3 Å². The number of carbonyl (C=O) groups excluding carboxylic acids is 3. The van der Waals surface area contributed by atoms with Gasteiger partial charge in [-0.25, -0.2) is 14.8 Å². The normalized spacial score (nSPS) is 12.6. The highest BCUT2D eigenvalue weighted by Gasteiger charge is 2.33. The zero-order valence-corrected chi connectivity index (χ0v) is 11.3. The standard InChI is InChI=1S/C15H8N2O5/c1-6(18)9-4-2-7-11(16-9)12-8(14(20)13(7)19)3-5-10(17-12)15(21)22/h2-5H,1H3,(H,21,22). The SMILES string of the molecule is CC(=O)c1ccc2c(n1)-c1nc(C(=O)O)ccc1C(=O)C2=O. The van der Waals surface area contributed by atoms with Gasteiger partial charge in [0.05, 0.1) is 11.1 Å². The van der Waals surface area contributed by atoms with Crippen molar-refractivity contribution in [2.45, 2.75) is 6.92 Å². The van der Waals surface area contributed by atoms with Crippen molar-refractivity contribution in [3.8, 4) is 11.4 Å². The first-order valence-electron chi connectivity index (χ1n) is 6.26. The number of rotatable bonds is 2. The van der Waals surface area contributed by atoms with Crippen LogP contribution in [-0.4, -0.2) is 38.4 Å². The molecule has 22 heavy (non-hydrogen) atoms. The number of aromatic nitrogens is 2. The molecule has 2 heterocycles. The molecule has 2 aromatic rings. The van der Waals surface area contributed by atoms with Gasteiger partial charge in [0.2, 0.25) is 11.6 Å². The van der Waals surface area contributed by atoms with Crippen molar-refractivity contribution >= 4 is 23.3 Å². The maximum absolute atomic E-state index is 12.1. The molecule has 0 amide bonds. The summed E-state index contributed by atoms with van der Waals surface area (Å²) in [5.74, 6) is -3.11. The zero-order chi connectivity index (χ0) is 16.0.